The van der Waals surface area contributed by atoms with Gasteiger partial charge in [-0.05, 0) is 38.8 Å². The van der Waals surface area contributed by atoms with E-state index >= 15 is 0 Å². The minimum absolute atomic E-state index is 0.317. The van der Waals surface area contributed by atoms with Crippen molar-refractivity contribution in [1.29, 1.82) is 0 Å². The number of benzene rings is 2. The molecule has 0 aliphatic rings. The van der Waals surface area contributed by atoms with Crippen LogP contribution in [0.1, 0.15) is 44.9 Å². The number of amides is 1. The summed E-state index contributed by atoms with van der Waals surface area (Å²) in [5, 5.41) is 10.9. The molecule has 4 heteroatoms. The molecule has 0 aromatic heterocycles. The van der Waals surface area contributed by atoms with E-state index in [0.29, 0.717) is 6.54 Å². The molecule has 0 saturated carbocycles. The van der Waals surface area contributed by atoms with Crippen LogP contribution in [-0.4, -0.2) is 27.7 Å². The normalized spacial score (nSPS) is 14.6. The molecular formula is C24H31NO3. The Morgan fingerprint density at radius 3 is 2.14 bits per heavy atom. The lowest BCUT2D eigenvalue weighted by Crippen LogP contribution is -2.45. The second kappa shape index (κ2) is 9.56. The van der Waals surface area contributed by atoms with Crippen LogP contribution in [0.3, 0.4) is 0 Å². The lowest BCUT2D eigenvalue weighted by Gasteiger charge is -2.36. The average molecular weight is 382 g/mol. The summed E-state index contributed by atoms with van der Waals surface area (Å²) in [4.78, 5) is 14.6. The number of nitrogens with zero attached hydrogens (tertiary/aromatic N) is 1. The third-order valence-electron chi connectivity index (χ3n) is 4.65. The first-order valence-corrected chi connectivity index (χ1v) is 9.62. The lowest BCUT2D eigenvalue weighted by atomic mass is 9.89. The van der Waals surface area contributed by atoms with Gasteiger partial charge in [0.1, 0.15) is 5.60 Å². The van der Waals surface area contributed by atoms with Gasteiger partial charge in [-0.25, -0.2) is 4.79 Å². The molecule has 2 aromatic rings. The average Bonchev–Trinajstić information content (AvgIpc) is 2.66. The number of rotatable bonds is 7. The van der Waals surface area contributed by atoms with Crippen molar-refractivity contribution < 1.29 is 14.6 Å². The maximum Gasteiger partial charge on any atom is 0.410 e. The van der Waals surface area contributed by atoms with E-state index in [-0.39, 0.29) is 12.0 Å². The molecule has 1 amide bonds. The molecule has 0 radical (unpaired) electrons. The molecular weight excluding hydrogens is 350 g/mol. The van der Waals surface area contributed by atoms with Crippen LogP contribution in [0.5, 0.6) is 0 Å². The van der Waals surface area contributed by atoms with Crippen LogP contribution in [0.2, 0.25) is 0 Å². The summed E-state index contributed by atoms with van der Waals surface area (Å²) < 4.78 is 5.64. The van der Waals surface area contributed by atoms with Crippen LogP contribution < -0.4 is 0 Å². The van der Waals surface area contributed by atoms with E-state index in [1.54, 1.807) is 11.0 Å². The van der Waals surface area contributed by atoms with Crippen molar-refractivity contribution in [2.75, 3.05) is 0 Å². The van der Waals surface area contributed by atoms with Crippen LogP contribution in [0.4, 0.5) is 4.79 Å². The van der Waals surface area contributed by atoms with E-state index in [0.717, 1.165) is 11.1 Å². The molecule has 0 saturated heterocycles. The Morgan fingerprint density at radius 2 is 1.64 bits per heavy atom. The Kier molecular flexibility index (Phi) is 7.41. The van der Waals surface area contributed by atoms with Gasteiger partial charge in [0.05, 0.1) is 6.10 Å². The summed E-state index contributed by atoms with van der Waals surface area (Å²) in [5.74, 6) is -0.348. The van der Waals surface area contributed by atoms with Crippen molar-refractivity contribution in [2.24, 2.45) is 5.92 Å². The largest absolute Gasteiger partial charge is 0.444 e. The maximum absolute atomic E-state index is 13.0. The molecule has 1 N–H and O–H groups in total. The van der Waals surface area contributed by atoms with Crippen molar-refractivity contribution >= 4 is 6.09 Å². The first-order chi connectivity index (χ1) is 13.2. The van der Waals surface area contributed by atoms with Gasteiger partial charge in [-0.3, -0.25) is 0 Å². The first kappa shape index (κ1) is 21.7. The minimum Gasteiger partial charge on any atom is -0.444 e. The summed E-state index contributed by atoms with van der Waals surface area (Å²) in [5.41, 5.74) is 1.19. The number of ether oxygens (including phenoxy) is 1. The number of aliphatic hydroxyl groups is 1. The number of hydrogen-bond acceptors (Lipinski definition) is 3. The molecule has 0 spiro atoms. The second-order valence-electron chi connectivity index (χ2n) is 8.00. The highest BCUT2D eigenvalue weighted by molar-refractivity contribution is 5.68. The molecule has 28 heavy (non-hydrogen) atoms. The lowest BCUT2D eigenvalue weighted by molar-refractivity contribution is 0.00120. The van der Waals surface area contributed by atoms with E-state index < -0.39 is 17.8 Å². The van der Waals surface area contributed by atoms with Gasteiger partial charge >= 0.3 is 6.09 Å². The number of carbonyl (C=O) groups is 1. The van der Waals surface area contributed by atoms with Crippen molar-refractivity contribution in [1.82, 2.24) is 4.90 Å². The van der Waals surface area contributed by atoms with Crippen molar-refractivity contribution in [3.05, 3.63) is 84.4 Å². The number of carbonyl (C=O) groups excluding carboxylic acids is 1. The fourth-order valence-electron chi connectivity index (χ4n) is 3.15. The zero-order valence-corrected chi connectivity index (χ0v) is 17.2. The van der Waals surface area contributed by atoms with Crippen LogP contribution in [0.25, 0.3) is 0 Å². The van der Waals surface area contributed by atoms with Gasteiger partial charge in [0.25, 0.3) is 0 Å². The smallest absolute Gasteiger partial charge is 0.410 e. The zero-order chi connectivity index (χ0) is 20.7. The molecule has 0 fully saturated rings. The summed E-state index contributed by atoms with van der Waals surface area (Å²) >= 11 is 0. The van der Waals surface area contributed by atoms with Crippen LogP contribution >= 0.6 is 0 Å². The molecule has 0 aliphatic heterocycles. The van der Waals surface area contributed by atoms with Crippen LogP contribution in [-0.2, 0) is 11.3 Å². The van der Waals surface area contributed by atoms with E-state index in [1.165, 1.54) is 0 Å². The Hall–Kier alpha value is -2.59. The van der Waals surface area contributed by atoms with Crippen LogP contribution in [0, 0.1) is 5.92 Å². The molecule has 3 atom stereocenters. The minimum atomic E-state index is -0.769. The van der Waals surface area contributed by atoms with Gasteiger partial charge in [-0.15, -0.1) is 6.58 Å². The first-order valence-electron chi connectivity index (χ1n) is 9.62. The summed E-state index contributed by atoms with van der Waals surface area (Å²) in [6.45, 7) is 11.8. The predicted octanol–water partition coefficient (Wildman–Crippen LogP) is 5.35. The predicted molar refractivity (Wildman–Crippen MR) is 113 cm³/mol. The van der Waals surface area contributed by atoms with Crippen molar-refractivity contribution in [2.45, 2.75) is 52.0 Å². The van der Waals surface area contributed by atoms with Gasteiger partial charge in [0.15, 0.2) is 0 Å². The Balaban J connectivity index is 2.30. The van der Waals surface area contributed by atoms with Gasteiger partial charge in [0.2, 0.25) is 0 Å². The molecule has 0 bridgehead atoms. The highest BCUT2D eigenvalue weighted by atomic mass is 16.6. The summed E-state index contributed by atoms with van der Waals surface area (Å²) in [7, 11) is 0. The Bertz CT molecular complexity index is 752. The third-order valence-corrected chi connectivity index (χ3v) is 4.65. The zero-order valence-electron chi connectivity index (χ0n) is 17.2. The Morgan fingerprint density at radius 1 is 1.11 bits per heavy atom. The Labute approximate surface area is 168 Å². The molecule has 0 aliphatic carbocycles. The topological polar surface area (TPSA) is 49.8 Å². The monoisotopic (exact) mass is 381 g/mol. The van der Waals surface area contributed by atoms with E-state index in [9.17, 15) is 9.90 Å². The van der Waals surface area contributed by atoms with Gasteiger partial charge < -0.3 is 14.7 Å². The fourth-order valence-corrected chi connectivity index (χ4v) is 3.15. The van der Waals surface area contributed by atoms with Crippen molar-refractivity contribution in [3.8, 4) is 0 Å². The quantitative estimate of drug-likeness (QED) is 0.658. The van der Waals surface area contributed by atoms with Gasteiger partial charge in [0, 0.05) is 18.5 Å². The van der Waals surface area contributed by atoms with Crippen molar-refractivity contribution in [3.63, 3.8) is 0 Å². The summed E-state index contributed by atoms with van der Waals surface area (Å²) in [6.07, 6.45) is 0.537. The number of aliphatic hydroxyl groups excluding tert-OH is 1. The third kappa shape index (κ3) is 5.96. The molecule has 0 heterocycles. The summed E-state index contributed by atoms with van der Waals surface area (Å²) in [6, 6.07) is 18.9. The molecule has 0 unspecified atom stereocenters. The fraction of sp³-hybridized carbons (Fsp3) is 0.375. The van der Waals surface area contributed by atoms with E-state index in [4.69, 9.17) is 4.74 Å². The highest BCUT2D eigenvalue weighted by Crippen LogP contribution is 2.30. The molecule has 2 aromatic carbocycles. The highest BCUT2D eigenvalue weighted by Gasteiger charge is 2.33. The standard InChI is InChI=1S/C24H31NO3/c1-6-21(22(26)20-15-11-8-12-16-20)18(2)25(23(27)28-24(3,4)5)17-19-13-9-7-10-14-19/h6-16,18,21-22,26H,1,17H2,2-5H3/t18-,21+,22-/m1/s1. The SMILES string of the molecule is C=C[C@H]([C@H](O)c1ccccc1)[C@@H](C)N(Cc1ccccc1)C(=O)OC(C)(C)C. The second-order valence-corrected chi connectivity index (χ2v) is 8.00. The molecule has 2 rings (SSSR count). The van der Waals surface area contributed by atoms with Crippen LogP contribution in [0.15, 0.2) is 73.3 Å². The maximum atomic E-state index is 13.0. The van der Waals surface area contributed by atoms with Gasteiger partial charge in [-0.1, -0.05) is 66.7 Å². The van der Waals surface area contributed by atoms with E-state index in [1.807, 2.05) is 88.4 Å². The number of hydrogen-bond donors (Lipinski definition) is 1. The van der Waals surface area contributed by atoms with E-state index in [2.05, 4.69) is 6.58 Å². The van der Waals surface area contributed by atoms with Gasteiger partial charge in [-0.2, -0.15) is 0 Å². The molecule has 150 valence electrons. The molecule has 4 nitrogen and oxygen atoms in total.